The first-order valence-electron chi connectivity index (χ1n) is 10.6. The molecule has 4 rings (SSSR count). The van der Waals surface area contributed by atoms with Crippen LogP contribution in [0.3, 0.4) is 0 Å². The molecule has 0 unspecified atom stereocenters. The molecule has 1 aliphatic heterocycles. The van der Waals surface area contributed by atoms with Gasteiger partial charge in [-0.05, 0) is 47.9 Å². The van der Waals surface area contributed by atoms with Crippen LogP contribution < -0.4 is 14.4 Å². The van der Waals surface area contributed by atoms with Gasteiger partial charge in [0.05, 0.1) is 29.3 Å². The molecule has 1 aromatic heterocycles. The molecule has 2 heterocycles. The Morgan fingerprint density at radius 2 is 1.92 bits per heavy atom. The van der Waals surface area contributed by atoms with Crippen molar-refractivity contribution in [2.24, 2.45) is 5.92 Å². The fraction of sp³-hybridized carbons (Fsp3) is 0.208. The lowest BCUT2D eigenvalue weighted by atomic mass is 9.98. The first-order valence-corrected chi connectivity index (χ1v) is 12.1. The lowest BCUT2D eigenvalue weighted by Gasteiger charge is -2.31. The Morgan fingerprint density at radius 3 is 2.56 bits per heavy atom. The van der Waals surface area contributed by atoms with Crippen molar-refractivity contribution in [1.82, 2.24) is 5.16 Å². The van der Waals surface area contributed by atoms with E-state index in [1.165, 1.54) is 48.6 Å². The summed E-state index contributed by atoms with van der Waals surface area (Å²) in [4.78, 5) is 1.48. The molecule has 0 fully saturated rings. The SMILES string of the molecule is C=C1C=Cc2cc(S(=O)(=O)Nc3ccon3)ccc2N1c1cc(F)c(C[C@@H](C)C(F)(F)F)cc1OC. The van der Waals surface area contributed by atoms with Crippen molar-refractivity contribution >= 4 is 33.3 Å². The number of benzene rings is 2. The fourth-order valence-electron chi connectivity index (χ4n) is 3.72. The van der Waals surface area contributed by atoms with E-state index in [0.29, 0.717) is 16.9 Å². The van der Waals surface area contributed by atoms with Crippen molar-refractivity contribution in [2.45, 2.75) is 24.4 Å². The van der Waals surface area contributed by atoms with E-state index in [1.54, 1.807) is 12.2 Å². The number of ether oxygens (including phenoxy) is 1. The first-order chi connectivity index (χ1) is 16.9. The van der Waals surface area contributed by atoms with E-state index in [1.807, 2.05) is 0 Å². The summed E-state index contributed by atoms with van der Waals surface area (Å²) in [7, 11) is -2.66. The number of nitrogens with one attached hydrogen (secondary N) is 1. The third kappa shape index (κ3) is 4.94. The predicted octanol–water partition coefficient (Wildman–Crippen LogP) is 6.04. The van der Waals surface area contributed by atoms with Crippen molar-refractivity contribution in [2.75, 3.05) is 16.7 Å². The van der Waals surface area contributed by atoms with Crippen molar-refractivity contribution in [3.05, 3.63) is 78.0 Å². The molecule has 190 valence electrons. The standard InChI is InChI=1S/C24H21F4N3O4S/c1-14(24(26,27)28)10-17-12-22(34-3)21(13-19(17)25)31-15(2)4-5-16-11-18(6-7-20(16)31)36(32,33)30-23-8-9-35-29-23/h4-9,11-14H,2,10H2,1,3H3,(H,29,30)/t14-/m1/s1. The Kier molecular flexibility index (Phi) is 6.56. The molecule has 1 aliphatic rings. The lowest BCUT2D eigenvalue weighted by molar-refractivity contribution is -0.169. The van der Waals surface area contributed by atoms with Crippen LogP contribution in [0.2, 0.25) is 0 Å². The van der Waals surface area contributed by atoms with Gasteiger partial charge in [0.25, 0.3) is 10.0 Å². The summed E-state index contributed by atoms with van der Waals surface area (Å²) in [6.45, 7) is 4.95. The normalized spacial score (nSPS) is 14.5. The van der Waals surface area contributed by atoms with Gasteiger partial charge in [0.15, 0.2) is 5.82 Å². The number of hydrogen-bond donors (Lipinski definition) is 1. The van der Waals surface area contributed by atoms with Gasteiger partial charge in [-0.2, -0.15) is 13.2 Å². The Labute approximate surface area is 204 Å². The third-order valence-corrected chi connectivity index (χ3v) is 7.00. The molecule has 0 saturated carbocycles. The minimum Gasteiger partial charge on any atom is -0.495 e. The maximum Gasteiger partial charge on any atom is 0.391 e. The van der Waals surface area contributed by atoms with Crippen molar-refractivity contribution < 1.29 is 35.2 Å². The lowest BCUT2D eigenvalue weighted by Crippen LogP contribution is -2.23. The number of rotatable bonds is 7. The summed E-state index contributed by atoms with van der Waals surface area (Å²) in [5.41, 5.74) is 1.41. The minimum absolute atomic E-state index is 0.0124. The number of fused-ring (bicyclic) bond motifs is 1. The summed E-state index contributed by atoms with van der Waals surface area (Å²) in [5.74, 6) is -2.44. The number of methoxy groups -OCH3 is 1. The maximum atomic E-state index is 15.0. The molecule has 0 aliphatic carbocycles. The minimum atomic E-state index is -4.47. The number of halogens is 4. The molecule has 0 bridgehead atoms. The molecule has 0 radical (unpaired) electrons. The van der Waals surface area contributed by atoms with Crippen LogP contribution in [-0.4, -0.2) is 26.9 Å². The Bertz CT molecular complexity index is 1430. The number of aromatic nitrogens is 1. The average molecular weight is 524 g/mol. The molecule has 12 heteroatoms. The van der Waals surface area contributed by atoms with Crippen LogP contribution in [0.4, 0.5) is 34.8 Å². The van der Waals surface area contributed by atoms with E-state index >= 15 is 0 Å². The smallest absolute Gasteiger partial charge is 0.391 e. The van der Waals surface area contributed by atoms with E-state index in [0.717, 1.165) is 13.0 Å². The zero-order valence-electron chi connectivity index (χ0n) is 19.1. The van der Waals surface area contributed by atoms with Crippen LogP contribution in [-0.2, 0) is 16.4 Å². The zero-order chi connectivity index (χ0) is 26.3. The van der Waals surface area contributed by atoms with E-state index in [9.17, 15) is 26.0 Å². The summed E-state index contributed by atoms with van der Waals surface area (Å²) >= 11 is 0. The number of sulfonamides is 1. The summed E-state index contributed by atoms with van der Waals surface area (Å²) in [6, 6.07) is 7.94. The second-order valence-corrected chi connectivity index (χ2v) is 9.82. The highest BCUT2D eigenvalue weighted by Gasteiger charge is 2.36. The summed E-state index contributed by atoms with van der Waals surface area (Å²) in [6.07, 6.45) is -0.558. The van der Waals surface area contributed by atoms with E-state index < -0.39 is 34.4 Å². The molecular formula is C24H21F4N3O4S. The monoisotopic (exact) mass is 523 g/mol. The maximum absolute atomic E-state index is 15.0. The number of nitrogens with zero attached hydrogens (tertiary/aromatic N) is 2. The highest BCUT2D eigenvalue weighted by atomic mass is 32.2. The van der Waals surface area contributed by atoms with Gasteiger partial charge in [-0.25, -0.2) is 12.8 Å². The first kappa shape index (κ1) is 25.3. The van der Waals surface area contributed by atoms with Gasteiger partial charge in [-0.15, -0.1) is 0 Å². The van der Waals surface area contributed by atoms with Gasteiger partial charge in [0.2, 0.25) is 0 Å². The van der Waals surface area contributed by atoms with Gasteiger partial charge in [0.1, 0.15) is 17.8 Å². The van der Waals surface area contributed by atoms with Gasteiger partial charge in [0, 0.05) is 17.8 Å². The third-order valence-electron chi connectivity index (χ3n) is 5.64. The van der Waals surface area contributed by atoms with Crippen molar-refractivity contribution in [1.29, 1.82) is 0 Å². The van der Waals surface area contributed by atoms with E-state index in [-0.39, 0.29) is 27.7 Å². The molecule has 0 spiro atoms. The summed E-state index contributed by atoms with van der Waals surface area (Å²) in [5, 5.41) is 3.53. The van der Waals surface area contributed by atoms with Gasteiger partial charge in [-0.1, -0.05) is 24.7 Å². The fourth-order valence-corrected chi connectivity index (χ4v) is 4.75. The number of alkyl halides is 3. The van der Waals surface area contributed by atoms with E-state index in [4.69, 9.17) is 4.74 Å². The molecule has 0 amide bonds. The molecule has 1 atom stereocenters. The highest BCUT2D eigenvalue weighted by molar-refractivity contribution is 7.92. The Morgan fingerprint density at radius 1 is 1.17 bits per heavy atom. The van der Waals surface area contributed by atoms with E-state index in [2.05, 4.69) is 21.0 Å². The van der Waals surface area contributed by atoms with Crippen LogP contribution in [0.25, 0.3) is 6.08 Å². The van der Waals surface area contributed by atoms with Gasteiger partial charge >= 0.3 is 6.18 Å². The van der Waals surface area contributed by atoms with Gasteiger partial charge < -0.3 is 14.2 Å². The van der Waals surface area contributed by atoms with Crippen LogP contribution in [0.5, 0.6) is 5.75 Å². The number of anilines is 3. The zero-order valence-corrected chi connectivity index (χ0v) is 20.0. The predicted molar refractivity (Wildman–Crippen MR) is 126 cm³/mol. The molecule has 3 aromatic rings. The van der Waals surface area contributed by atoms with Crippen LogP contribution in [0.1, 0.15) is 18.1 Å². The Balaban J connectivity index is 1.72. The van der Waals surface area contributed by atoms with Crippen LogP contribution in [0.15, 0.2) is 70.4 Å². The van der Waals surface area contributed by atoms with Crippen LogP contribution >= 0.6 is 0 Å². The second-order valence-electron chi connectivity index (χ2n) is 8.13. The van der Waals surface area contributed by atoms with Crippen LogP contribution in [0, 0.1) is 11.7 Å². The van der Waals surface area contributed by atoms with Gasteiger partial charge in [-0.3, -0.25) is 4.72 Å². The average Bonchev–Trinajstić information content (AvgIpc) is 3.31. The van der Waals surface area contributed by atoms with Crippen molar-refractivity contribution in [3.8, 4) is 5.75 Å². The molecule has 1 N–H and O–H groups in total. The molecule has 2 aromatic carbocycles. The number of allylic oxidation sites excluding steroid dienone is 1. The second kappa shape index (κ2) is 9.34. The highest BCUT2D eigenvalue weighted by Crippen LogP contribution is 2.43. The molecular weight excluding hydrogens is 502 g/mol. The van der Waals surface area contributed by atoms with Crippen molar-refractivity contribution in [3.63, 3.8) is 0 Å². The summed E-state index contributed by atoms with van der Waals surface area (Å²) < 4.78 is 91.8. The quantitative estimate of drug-likeness (QED) is 0.380. The topological polar surface area (TPSA) is 84.7 Å². The number of hydrogen-bond acceptors (Lipinski definition) is 6. The molecule has 7 nitrogen and oxygen atoms in total. The molecule has 36 heavy (non-hydrogen) atoms. The largest absolute Gasteiger partial charge is 0.495 e. The molecule has 0 saturated heterocycles. The Hall–Kier alpha value is -3.80.